The average molecular weight is 392 g/mol. The smallest absolute Gasteiger partial charge is 0.337 e. The number of nitro benzene ring substituents is 1. The van der Waals surface area contributed by atoms with Gasteiger partial charge in [-0.15, -0.1) is 0 Å². The van der Waals surface area contributed by atoms with Crippen LogP contribution in [0, 0.1) is 10.1 Å². The number of rotatable bonds is 3. The van der Waals surface area contributed by atoms with E-state index in [0.717, 1.165) is 52.8 Å². The third-order valence-electron chi connectivity index (χ3n) is 5.86. The lowest BCUT2D eigenvalue weighted by Gasteiger charge is -2.30. The van der Waals surface area contributed by atoms with E-state index < -0.39 is 0 Å². The molecule has 2 aliphatic heterocycles. The van der Waals surface area contributed by atoms with Crippen LogP contribution in [0.5, 0.6) is 0 Å². The molecule has 0 amide bonds. The molecule has 0 saturated carbocycles. The summed E-state index contributed by atoms with van der Waals surface area (Å²) >= 11 is 0. The molecular weight excluding hydrogens is 372 g/mol. The van der Waals surface area contributed by atoms with Gasteiger partial charge in [-0.3, -0.25) is 10.1 Å². The summed E-state index contributed by atoms with van der Waals surface area (Å²) in [6, 6.07) is 8.86. The number of methoxy groups -OCH3 is 1. The number of nitrogens with one attached hydrogen (secondary N) is 2. The van der Waals surface area contributed by atoms with Crippen molar-refractivity contribution in [1.29, 1.82) is 0 Å². The van der Waals surface area contributed by atoms with Crippen LogP contribution in [-0.4, -0.2) is 36.1 Å². The molecule has 8 heteroatoms. The number of H-pyrrole nitrogens is 1. The van der Waals surface area contributed by atoms with Gasteiger partial charge in [-0.2, -0.15) is 0 Å². The molecule has 0 unspecified atom stereocenters. The molecule has 3 heterocycles. The predicted molar refractivity (Wildman–Crippen MR) is 110 cm³/mol. The lowest BCUT2D eigenvalue weighted by molar-refractivity contribution is -0.384. The Hall–Kier alpha value is -3.55. The second-order valence-corrected chi connectivity index (χ2v) is 7.40. The topological polar surface area (TPSA) is 100 Å². The summed E-state index contributed by atoms with van der Waals surface area (Å²) in [4.78, 5) is 28.9. The van der Waals surface area contributed by atoms with Gasteiger partial charge < -0.3 is 19.9 Å². The minimum absolute atomic E-state index is 0.144. The molecule has 5 rings (SSSR count). The van der Waals surface area contributed by atoms with Crippen LogP contribution in [0.15, 0.2) is 30.3 Å². The molecule has 0 atom stereocenters. The largest absolute Gasteiger partial charge is 0.465 e. The first-order chi connectivity index (χ1) is 14.1. The van der Waals surface area contributed by atoms with Crippen molar-refractivity contribution in [2.24, 2.45) is 0 Å². The Morgan fingerprint density at radius 2 is 2.07 bits per heavy atom. The van der Waals surface area contributed by atoms with Crippen molar-refractivity contribution < 1.29 is 14.5 Å². The standard InChI is InChI=1S/C21H20N4O4/c1-29-21(26)12-2-3-17-14(10-12)15-11-24(9-7-18(15)23-17)20-13-6-8-22-16(13)4-5-19(20)25(27)28/h2-5,10,22-23H,6-9,11H2,1H3. The normalized spacial score (nSPS) is 15.0. The Bertz CT molecular complexity index is 1170. The minimum Gasteiger partial charge on any atom is -0.465 e. The summed E-state index contributed by atoms with van der Waals surface area (Å²) in [5.41, 5.74) is 6.49. The average Bonchev–Trinajstić information content (AvgIpc) is 3.35. The van der Waals surface area contributed by atoms with Crippen molar-refractivity contribution in [3.8, 4) is 0 Å². The number of hydrogen-bond acceptors (Lipinski definition) is 6. The van der Waals surface area contributed by atoms with E-state index in [1.807, 2.05) is 12.1 Å². The molecule has 2 aliphatic rings. The Morgan fingerprint density at radius 1 is 1.21 bits per heavy atom. The third kappa shape index (κ3) is 2.71. The minimum atomic E-state index is -0.378. The number of fused-ring (bicyclic) bond motifs is 4. The fourth-order valence-electron chi connectivity index (χ4n) is 4.51. The summed E-state index contributed by atoms with van der Waals surface area (Å²) < 4.78 is 4.85. The first-order valence-corrected chi connectivity index (χ1v) is 9.57. The first kappa shape index (κ1) is 17.5. The molecule has 1 aromatic heterocycles. The quantitative estimate of drug-likeness (QED) is 0.403. The molecule has 148 valence electrons. The number of ether oxygens (including phenoxy) is 1. The highest BCUT2D eigenvalue weighted by Gasteiger charge is 2.31. The summed E-state index contributed by atoms with van der Waals surface area (Å²) in [5.74, 6) is -0.378. The number of esters is 1. The van der Waals surface area contributed by atoms with E-state index in [0.29, 0.717) is 24.3 Å². The van der Waals surface area contributed by atoms with Gasteiger partial charge in [0.1, 0.15) is 5.69 Å². The van der Waals surface area contributed by atoms with Crippen molar-refractivity contribution in [3.05, 3.63) is 62.8 Å². The number of anilines is 2. The number of benzene rings is 2. The highest BCUT2D eigenvalue weighted by Crippen LogP contribution is 2.42. The van der Waals surface area contributed by atoms with Crippen molar-refractivity contribution in [2.45, 2.75) is 19.4 Å². The molecule has 0 aliphatic carbocycles. The van der Waals surface area contributed by atoms with Crippen LogP contribution in [0.3, 0.4) is 0 Å². The number of aromatic nitrogens is 1. The Kier molecular flexibility index (Phi) is 3.94. The molecular formula is C21H20N4O4. The van der Waals surface area contributed by atoms with Gasteiger partial charge in [0, 0.05) is 65.5 Å². The van der Waals surface area contributed by atoms with Crippen LogP contribution in [-0.2, 0) is 24.1 Å². The number of carbonyl (C=O) groups excluding carboxylic acids is 1. The highest BCUT2D eigenvalue weighted by atomic mass is 16.6. The maximum atomic E-state index is 12.0. The first-order valence-electron chi connectivity index (χ1n) is 9.57. The van der Waals surface area contributed by atoms with E-state index in [4.69, 9.17) is 4.74 Å². The van der Waals surface area contributed by atoms with Gasteiger partial charge in [0.05, 0.1) is 17.6 Å². The Balaban J connectivity index is 1.61. The maximum absolute atomic E-state index is 12.0. The van der Waals surface area contributed by atoms with E-state index in [1.54, 1.807) is 18.2 Å². The van der Waals surface area contributed by atoms with Crippen LogP contribution in [0.1, 0.15) is 27.2 Å². The van der Waals surface area contributed by atoms with E-state index in [2.05, 4.69) is 15.2 Å². The maximum Gasteiger partial charge on any atom is 0.337 e. The number of hydrogen-bond donors (Lipinski definition) is 2. The second-order valence-electron chi connectivity index (χ2n) is 7.40. The number of nitro groups is 1. The molecule has 2 aromatic carbocycles. The Morgan fingerprint density at radius 3 is 2.86 bits per heavy atom. The van der Waals surface area contributed by atoms with Crippen molar-refractivity contribution in [2.75, 3.05) is 30.4 Å². The fourth-order valence-corrected chi connectivity index (χ4v) is 4.51. The zero-order chi connectivity index (χ0) is 20.1. The van der Waals surface area contributed by atoms with Crippen molar-refractivity contribution in [3.63, 3.8) is 0 Å². The number of aromatic amines is 1. The summed E-state index contributed by atoms with van der Waals surface area (Å²) in [6.45, 7) is 2.04. The van der Waals surface area contributed by atoms with Gasteiger partial charge in [-0.1, -0.05) is 0 Å². The van der Waals surface area contributed by atoms with E-state index in [9.17, 15) is 14.9 Å². The van der Waals surface area contributed by atoms with Gasteiger partial charge in [0.25, 0.3) is 5.69 Å². The Labute approximate surface area is 166 Å². The fraction of sp³-hybridized carbons (Fsp3) is 0.286. The van der Waals surface area contributed by atoms with Crippen LogP contribution < -0.4 is 10.2 Å². The number of nitrogens with zero attached hydrogens (tertiary/aromatic N) is 2. The highest BCUT2D eigenvalue weighted by molar-refractivity contribution is 5.96. The predicted octanol–water partition coefficient (Wildman–Crippen LogP) is 3.39. The molecule has 2 N–H and O–H groups in total. The van der Waals surface area contributed by atoms with E-state index in [-0.39, 0.29) is 16.6 Å². The number of carbonyl (C=O) groups is 1. The SMILES string of the molecule is COC(=O)c1ccc2[nH]c3c(c2c1)CN(c1c([N+](=O)[O-])ccc2c1CCN2)CC3. The van der Waals surface area contributed by atoms with Crippen molar-refractivity contribution >= 4 is 33.9 Å². The molecule has 0 spiro atoms. The van der Waals surface area contributed by atoms with Crippen LogP contribution >= 0.6 is 0 Å². The molecule has 0 bridgehead atoms. The van der Waals surface area contributed by atoms with Gasteiger partial charge in [-0.25, -0.2) is 4.79 Å². The van der Waals surface area contributed by atoms with Crippen LogP contribution in [0.2, 0.25) is 0 Å². The summed E-state index contributed by atoms with van der Waals surface area (Å²) in [6.07, 6.45) is 1.53. The molecule has 0 fully saturated rings. The van der Waals surface area contributed by atoms with E-state index >= 15 is 0 Å². The lowest BCUT2D eigenvalue weighted by Crippen LogP contribution is -2.31. The van der Waals surface area contributed by atoms with Gasteiger partial charge in [0.2, 0.25) is 0 Å². The van der Waals surface area contributed by atoms with Crippen LogP contribution in [0.4, 0.5) is 17.1 Å². The van der Waals surface area contributed by atoms with Gasteiger partial charge in [0.15, 0.2) is 0 Å². The zero-order valence-electron chi connectivity index (χ0n) is 15.9. The molecule has 29 heavy (non-hydrogen) atoms. The summed E-state index contributed by atoms with van der Waals surface area (Å²) in [5, 5.41) is 16.0. The van der Waals surface area contributed by atoms with Gasteiger partial charge in [-0.05, 0) is 30.7 Å². The second kappa shape index (κ2) is 6.51. The molecule has 3 aromatic rings. The van der Waals surface area contributed by atoms with Crippen LogP contribution in [0.25, 0.3) is 10.9 Å². The van der Waals surface area contributed by atoms with Gasteiger partial charge >= 0.3 is 5.97 Å². The summed E-state index contributed by atoms with van der Waals surface area (Å²) in [7, 11) is 1.37. The monoisotopic (exact) mass is 392 g/mol. The van der Waals surface area contributed by atoms with E-state index in [1.165, 1.54) is 7.11 Å². The zero-order valence-corrected chi connectivity index (χ0v) is 15.9. The van der Waals surface area contributed by atoms with Crippen molar-refractivity contribution in [1.82, 2.24) is 4.98 Å². The third-order valence-corrected chi connectivity index (χ3v) is 5.86. The molecule has 0 radical (unpaired) electrons. The lowest BCUT2D eigenvalue weighted by atomic mass is 10.00. The molecule has 0 saturated heterocycles. The molecule has 8 nitrogen and oxygen atoms in total.